The predicted octanol–water partition coefficient (Wildman–Crippen LogP) is 23.4. The van der Waals surface area contributed by atoms with Gasteiger partial charge in [-0.3, -0.25) is 0 Å². The highest BCUT2D eigenvalue weighted by Gasteiger charge is 2.35. The fourth-order valence-corrected chi connectivity index (χ4v) is 14.4. The van der Waals surface area contributed by atoms with Crippen molar-refractivity contribution in [1.29, 1.82) is 0 Å². The highest BCUT2D eigenvalue weighted by Crippen LogP contribution is 2.52. The number of benzene rings is 8. The van der Waals surface area contributed by atoms with E-state index in [1.807, 2.05) is 12.1 Å². The fraction of sp³-hybridized carbons (Fsp3) is 0.429. The lowest BCUT2D eigenvalue weighted by Crippen LogP contribution is -2.25. The molecule has 10 rings (SSSR count). The molecule has 2 N–H and O–H groups in total. The number of aromatic nitrogens is 2. The van der Waals surface area contributed by atoms with E-state index in [-0.39, 0.29) is 68.7 Å². The third-order valence-corrected chi connectivity index (χ3v) is 18.7. The van der Waals surface area contributed by atoms with Gasteiger partial charge in [0, 0.05) is 56.3 Å². The molecule has 0 bridgehead atoms. The lowest BCUT2D eigenvalue weighted by molar-refractivity contribution is 0.241. The number of rotatable bonds is 15. The zero-order valence-electron chi connectivity index (χ0n) is 59.9. The van der Waals surface area contributed by atoms with Crippen molar-refractivity contribution in [3.05, 3.63) is 172 Å². The summed E-state index contributed by atoms with van der Waals surface area (Å²) in [4.78, 5) is 0. The second kappa shape index (κ2) is 23.9. The standard InChI is InChI=1S/C84H102F2N2O5/c1-77(2,3)48-83(19,20)54-37-63(74(89)70(43-54)87-66-39-50(79(7,8)9)25-30-58(66)59-31-26-51(40-67(59)87)80(10,11)12)62-45-56(85)29-34-72(62)92-35-24-36-93-76-65(46-57(86)47-73(76)91-23)64-38-55(84(21,22)49-78(4,5)6)44-71(75(64)90)88-68-41-52(81(13,14)15)27-32-60(68)61-33-28-53(42-69(61)88)82(16,17)18/h25-34,37-47,89-90H,24,35-36,48-49H2,1-23H3. The van der Waals surface area contributed by atoms with Crippen LogP contribution in [-0.4, -0.2) is 39.7 Å². The quantitative estimate of drug-likeness (QED) is 0.100. The zero-order chi connectivity index (χ0) is 68.2. The predicted molar refractivity (Wildman–Crippen MR) is 387 cm³/mol. The number of phenols is 2. The largest absolute Gasteiger partial charge is 0.505 e. The lowest BCUT2D eigenvalue weighted by atomic mass is 9.71. The molecular formula is C84H102F2N2O5. The van der Waals surface area contributed by atoms with E-state index in [9.17, 15) is 10.2 Å². The number of phenolic OH excluding ortho intramolecular Hbond substituents is 2. The van der Waals surface area contributed by atoms with Gasteiger partial charge in [0.1, 0.15) is 28.9 Å². The van der Waals surface area contributed by atoms with Crippen molar-refractivity contribution in [3.63, 3.8) is 0 Å². The summed E-state index contributed by atoms with van der Waals surface area (Å²) in [5, 5.41) is 30.6. The number of aromatic hydroxyl groups is 2. The topological polar surface area (TPSA) is 78.0 Å². The third-order valence-electron chi connectivity index (χ3n) is 18.7. The molecule has 0 aliphatic carbocycles. The number of methoxy groups -OCH3 is 1. The first-order chi connectivity index (χ1) is 43.0. The van der Waals surface area contributed by atoms with Crippen LogP contribution in [0, 0.1) is 22.5 Å². The number of hydrogen-bond donors (Lipinski definition) is 2. The van der Waals surface area contributed by atoms with Crippen molar-refractivity contribution in [1.82, 2.24) is 9.13 Å². The molecule has 0 saturated carbocycles. The Hall–Kier alpha value is -7.78. The second-order valence-corrected chi connectivity index (χ2v) is 34.3. The monoisotopic (exact) mass is 1260 g/mol. The lowest BCUT2D eigenvalue weighted by Gasteiger charge is -2.34. The average Bonchev–Trinajstić information content (AvgIpc) is 1.66. The van der Waals surface area contributed by atoms with Gasteiger partial charge in [-0.15, -0.1) is 0 Å². The number of nitrogens with zero attached hydrogens (tertiary/aromatic N) is 2. The van der Waals surface area contributed by atoms with E-state index >= 15 is 8.78 Å². The molecule has 2 aromatic heterocycles. The van der Waals surface area contributed by atoms with Crippen molar-refractivity contribution >= 4 is 43.6 Å². The SMILES string of the molecule is COc1cc(F)cc(-c2cc(C(C)(C)CC(C)(C)C)cc(-n3c4cc(C(C)(C)C)ccc4c4ccc(C(C)(C)C)cc43)c2O)c1OCCCOc1ccc(F)cc1-c1cc(C(C)(C)CC(C)(C)C)cc(-n2c3cc(C(C)(C)C)ccc3c3ccc(C(C)(C)C)cc32)c1O. The van der Waals surface area contributed by atoms with E-state index in [2.05, 4.69) is 246 Å². The van der Waals surface area contributed by atoms with Crippen molar-refractivity contribution in [3.8, 4) is 62.4 Å². The Balaban J connectivity index is 1.07. The summed E-state index contributed by atoms with van der Waals surface area (Å²) in [6.07, 6.45) is 1.97. The number of ether oxygens (including phenoxy) is 3. The fourth-order valence-electron chi connectivity index (χ4n) is 14.4. The van der Waals surface area contributed by atoms with Crippen LogP contribution in [-0.2, 0) is 32.5 Å². The van der Waals surface area contributed by atoms with Crippen molar-refractivity contribution < 1.29 is 33.2 Å². The third kappa shape index (κ3) is 13.8. The highest BCUT2D eigenvalue weighted by molar-refractivity contribution is 6.11. The van der Waals surface area contributed by atoms with Crippen LogP contribution in [0.5, 0.6) is 28.7 Å². The normalized spacial score (nSPS) is 13.3. The van der Waals surface area contributed by atoms with Crippen LogP contribution < -0.4 is 14.2 Å². The van der Waals surface area contributed by atoms with Gasteiger partial charge >= 0.3 is 0 Å². The highest BCUT2D eigenvalue weighted by atomic mass is 19.1. The van der Waals surface area contributed by atoms with Crippen LogP contribution in [0.1, 0.15) is 205 Å². The molecule has 0 spiro atoms. The zero-order valence-corrected chi connectivity index (χ0v) is 59.9. The Labute approximate surface area is 553 Å². The molecule has 7 nitrogen and oxygen atoms in total. The molecule has 93 heavy (non-hydrogen) atoms. The van der Waals surface area contributed by atoms with Crippen LogP contribution >= 0.6 is 0 Å². The molecule has 0 unspecified atom stereocenters. The smallest absolute Gasteiger partial charge is 0.169 e. The Morgan fingerprint density at radius 3 is 1.06 bits per heavy atom. The summed E-state index contributed by atoms with van der Waals surface area (Å²) >= 11 is 0. The first-order valence-electron chi connectivity index (χ1n) is 33.3. The van der Waals surface area contributed by atoms with E-state index in [1.165, 1.54) is 31.4 Å². The van der Waals surface area contributed by atoms with E-state index in [4.69, 9.17) is 14.2 Å². The molecule has 492 valence electrons. The first-order valence-corrected chi connectivity index (χ1v) is 33.3. The Kier molecular flexibility index (Phi) is 17.5. The first kappa shape index (κ1) is 68.1. The van der Waals surface area contributed by atoms with E-state index in [1.54, 1.807) is 6.07 Å². The van der Waals surface area contributed by atoms with Crippen molar-refractivity contribution in [2.75, 3.05) is 20.3 Å². The molecule has 0 aliphatic heterocycles. The van der Waals surface area contributed by atoms with Gasteiger partial charge in [0.05, 0.1) is 53.8 Å². The maximum Gasteiger partial charge on any atom is 0.169 e. The maximum absolute atomic E-state index is 16.4. The van der Waals surface area contributed by atoms with Crippen LogP contribution in [0.2, 0.25) is 0 Å². The summed E-state index contributed by atoms with van der Waals surface area (Å²) in [7, 11) is 1.49. The molecule has 0 amide bonds. The molecule has 2 heterocycles. The number of halogens is 2. The molecule has 0 fully saturated rings. The minimum Gasteiger partial charge on any atom is -0.505 e. The molecule has 8 aromatic carbocycles. The van der Waals surface area contributed by atoms with Gasteiger partial charge in [-0.2, -0.15) is 0 Å². The summed E-state index contributed by atoms with van der Waals surface area (Å²) in [5.41, 5.74) is 11.6. The molecule has 0 aliphatic rings. The maximum atomic E-state index is 16.4. The van der Waals surface area contributed by atoms with Crippen LogP contribution in [0.25, 0.3) is 77.2 Å². The minimum absolute atomic E-state index is 0.000822. The minimum atomic E-state index is -0.553. The Morgan fingerprint density at radius 1 is 0.355 bits per heavy atom. The molecule has 0 radical (unpaired) electrons. The number of fused-ring (bicyclic) bond motifs is 6. The Bertz CT molecular complexity index is 4370. The molecular weight excluding hydrogens is 1150 g/mol. The molecule has 10 aromatic rings. The summed E-state index contributed by atoms with van der Waals surface area (Å²) in [6, 6.07) is 42.1. The Morgan fingerprint density at radius 2 is 0.710 bits per heavy atom. The van der Waals surface area contributed by atoms with Gasteiger partial charge in [-0.05, 0) is 162 Å². The second-order valence-electron chi connectivity index (χ2n) is 34.3. The van der Waals surface area contributed by atoms with Gasteiger partial charge in [0.25, 0.3) is 0 Å². The van der Waals surface area contributed by atoms with E-state index < -0.39 is 22.5 Å². The van der Waals surface area contributed by atoms with Gasteiger partial charge in [-0.1, -0.05) is 201 Å². The van der Waals surface area contributed by atoms with Gasteiger partial charge in [0.15, 0.2) is 11.5 Å². The number of hydrogen-bond acceptors (Lipinski definition) is 5. The molecule has 9 heteroatoms. The van der Waals surface area contributed by atoms with E-state index in [0.29, 0.717) is 45.8 Å². The van der Waals surface area contributed by atoms with Gasteiger partial charge in [0.2, 0.25) is 0 Å². The van der Waals surface area contributed by atoms with Gasteiger partial charge in [-0.25, -0.2) is 8.78 Å². The van der Waals surface area contributed by atoms with Gasteiger partial charge < -0.3 is 33.6 Å². The summed E-state index contributed by atoms with van der Waals surface area (Å²) < 4.78 is 56.3. The summed E-state index contributed by atoms with van der Waals surface area (Å²) in [6.45, 7) is 49.2. The van der Waals surface area contributed by atoms with Crippen molar-refractivity contribution in [2.45, 2.75) is 204 Å². The van der Waals surface area contributed by atoms with Crippen LogP contribution in [0.15, 0.2) is 127 Å². The molecule has 0 saturated heterocycles. The summed E-state index contributed by atoms with van der Waals surface area (Å²) in [5.74, 6) is -0.237. The van der Waals surface area contributed by atoms with E-state index in [0.717, 1.165) is 89.8 Å². The van der Waals surface area contributed by atoms with Crippen molar-refractivity contribution in [2.24, 2.45) is 10.8 Å². The average molecular weight is 1260 g/mol. The molecule has 0 atom stereocenters. The van der Waals surface area contributed by atoms with Crippen LogP contribution in [0.4, 0.5) is 8.78 Å². The van der Waals surface area contributed by atoms with Crippen LogP contribution in [0.3, 0.4) is 0 Å².